The molecule has 3 heteroatoms. The highest BCUT2D eigenvalue weighted by Crippen LogP contribution is 2.28. The van der Waals surface area contributed by atoms with Gasteiger partial charge in [-0.3, -0.25) is 4.79 Å². The van der Waals surface area contributed by atoms with E-state index in [0.717, 1.165) is 13.1 Å². The van der Waals surface area contributed by atoms with Gasteiger partial charge in [-0.2, -0.15) is 0 Å². The van der Waals surface area contributed by atoms with Crippen molar-refractivity contribution >= 4 is 5.91 Å². The van der Waals surface area contributed by atoms with Crippen molar-refractivity contribution in [2.75, 3.05) is 20.1 Å². The van der Waals surface area contributed by atoms with Crippen molar-refractivity contribution in [3.8, 4) is 0 Å². The Labute approximate surface area is 92.2 Å². The van der Waals surface area contributed by atoms with Gasteiger partial charge in [0.25, 0.3) is 0 Å². The molecule has 1 saturated heterocycles. The van der Waals surface area contributed by atoms with Crippen LogP contribution in [0.2, 0.25) is 0 Å². The molecule has 1 heterocycles. The highest BCUT2D eigenvalue weighted by Gasteiger charge is 2.33. The Morgan fingerprint density at radius 1 is 1.27 bits per heavy atom. The summed E-state index contributed by atoms with van der Waals surface area (Å²) in [5, 5.41) is 3.16. The summed E-state index contributed by atoms with van der Waals surface area (Å²) in [6, 6.07) is 0.492. The van der Waals surface area contributed by atoms with Gasteiger partial charge in [0.15, 0.2) is 0 Å². The highest BCUT2D eigenvalue weighted by atomic mass is 16.2. The molecule has 86 valence electrons. The Morgan fingerprint density at radius 2 is 1.93 bits per heavy atom. The number of hydrogen-bond donors (Lipinski definition) is 1. The molecule has 1 aliphatic heterocycles. The zero-order chi connectivity index (χ0) is 10.8. The van der Waals surface area contributed by atoms with E-state index < -0.39 is 0 Å². The van der Waals surface area contributed by atoms with Crippen molar-refractivity contribution in [1.82, 2.24) is 10.2 Å². The number of hydrogen-bond acceptors (Lipinski definition) is 2. The van der Waals surface area contributed by atoms with E-state index in [0.29, 0.717) is 17.9 Å². The van der Waals surface area contributed by atoms with Gasteiger partial charge >= 0.3 is 0 Å². The fourth-order valence-electron chi connectivity index (χ4n) is 2.79. The molecule has 0 aromatic heterocycles. The second kappa shape index (κ2) is 4.52. The first-order valence-corrected chi connectivity index (χ1v) is 6.17. The molecule has 2 rings (SSSR count). The molecule has 2 unspecified atom stereocenters. The summed E-state index contributed by atoms with van der Waals surface area (Å²) in [7, 11) is 1.99. The average molecular weight is 210 g/mol. The van der Waals surface area contributed by atoms with Gasteiger partial charge in [-0.1, -0.05) is 19.8 Å². The molecule has 0 aromatic carbocycles. The van der Waals surface area contributed by atoms with Crippen LogP contribution in [0.25, 0.3) is 0 Å². The average Bonchev–Trinajstić information content (AvgIpc) is 2.15. The smallest absolute Gasteiger partial charge is 0.228 e. The Kier molecular flexibility index (Phi) is 3.29. The highest BCUT2D eigenvalue weighted by molar-refractivity contribution is 5.80. The zero-order valence-corrected chi connectivity index (χ0v) is 9.83. The monoisotopic (exact) mass is 210 g/mol. The second-order valence-electron chi connectivity index (χ2n) is 5.13. The number of carbonyl (C=O) groups is 1. The topological polar surface area (TPSA) is 32.3 Å². The zero-order valence-electron chi connectivity index (χ0n) is 9.83. The molecule has 0 aromatic rings. The quantitative estimate of drug-likeness (QED) is 0.744. The molecule has 1 aliphatic carbocycles. The number of amides is 1. The van der Waals surface area contributed by atoms with Gasteiger partial charge in [0.1, 0.15) is 0 Å². The van der Waals surface area contributed by atoms with Crippen LogP contribution in [0.5, 0.6) is 0 Å². The molecule has 1 saturated carbocycles. The molecule has 1 amide bonds. The molecular formula is C12H22N2O. The lowest BCUT2D eigenvalue weighted by atomic mass is 9.84. The SMILES string of the molecule is CC1CCCCC1N(C)C(=O)C1CNC1. The van der Waals surface area contributed by atoms with Crippen molar-refractivity contribution in [2.24, 2.45) is 11.8 Å². The molecule has 0 spiro atoms. The van der Waals surface area contributed by atoms with E-state index >= 15 is 0 Å². The van der Waals surface area contributed by atoms with Crippen LogP contribution in [-0.4, -0.2) is 37.0 Å². The third-order valence-electron chi connectivity index (χ3n) is 4.04. The molecule has 2 atom stereocenters. The van der Waals surface area contributed by atoms with E-state index in [-0.39, 0.29) is 5.92 Å². The van der Waals surface area contributed by atoms with E-state index in [1.165, 1.54) is 25.7 Å². The van der Waals surface area contributed by atoms with Crippen molar-refractivity contribution in [2.45, 2.75) is 38.6 Å². The standard InChI is InChI=1S/C12H22N2O/c1-9-5-3-4-6-11(9)14(2)12(15)10-7-13-8-10/h9-11,13H,3-8H2,1-2H3. The number of carbonyl (C=O) groups excluding carboxylic acids is 1. The summed E-state index contributed by atoms with van der Waals surface area (Å²) in [4.78, 5) is 14.1. The van der Waals surface area contributed by atoms with Gasteiger partial charge in [-0.15, -0.1) is 0 Å². The number of rotatable bonds is 2. The molecule has 2 fully saturated rings. The lowest BCUT2D eigenvalue weighted by molar-refractivity contribution is -0.139. The summed E-state index contributed by atoms with van der Waals surface area (Å²) in [6.45, 7) is 4.04. The van der Waals surface area contributed by atoms with E-state index in [9.17, 15) is 4.79 Å². The van der Waals surface area contributed by atoms with Gasteiger partial charge in [-0.05, 0) is 18.8 Å². The van der Waals surface area contributed by atoms with Crippen molar-refractivity contribution in [1.29, 1.82) is 0 Å². The van der Waals surface area contributed by atoms with Crippen LogP contribution < -0.4 is 5.32 Å². The first-order valence-electron chi connectivity index (χ1n) is 6.17. The third kappa shape index (κ3) is 2.17. The molecule has 3 nitrogen and oxygen atoms in total. The Hall–Kier alpha value is -0.570. The Bertz CT molecular complexity index is 238. The van der Waals surface area contributed by atoms with E-state index in [1.807, 2.05) is 11.9 Å². The molecular weight excluding hydrogens is 188 g/mol. The molecule has 15 heavy (non-hydrogen) atoms. The van der Waals surface area contributed by atoms with E-state index in [4.69, 9.17) is 0 Å². The van der Waals surface area contributed by atoms with Crippen LogP contribution >= 0.6 is 0 Å². The maximum atomic E-state index is 12.1. The summed E-state index contributed by atoms with van der Waals surface area (Å²) >= 11 is 0. The van der Waals surface area contributed by atoms with Crippen LogP contribution in [0, 0.1) is 11.8 Å². The molecule has 0 bridgehead atoms. The Balaban J connectivity index is 1.92. The maximum Gasteiger partial charge on any atom is 0.228 e. The van der Waals surface area contributed by atoms with E-state index in [1.54, 1.807) is 0 Å². The van der Waals surface area contributed by atoms with Gasteiger partial charge < -0.3 is 10.2 Å². The fraction of sp³-hybridized carbons (Fsp3) is 0.917. The minimum Gasteiger partial charge on any atom is -0.342 e. The third-order valence-corrected chi connectivity index (χ3v) is 4.04. The van der Waals surface area contributed by atoms with Crippen molar-refractivity contribution in [3.05, 3.63) is 0 Å². The minimum absolute atomic E-state index is 0.254. The normalized spacial score (nSPS) is 32.1. The summed E-state index contributed by atoms with van der Waals surface area (Å²) < 4.78 is 0. The van der Waals surface area contributed by atoms with Crippen LogP contribution in [-0.2, 0) is 4.79 Å². The Morgan fingerprint density at radius 3 is 2.47 bits per heavy atom. The number of nitrogens with one attached hydrogen (secondary N) is 1. The predicted molar refractivity (Wildman–Crippen MR) is 60.5 cm³/mol. The summed E-state index contributed by atoms with van der Waals surface area (Å²) in [5.74, 6) is 1.29. The van der Waals surface area contributed by atoms with Gasteiger partial charge in [0, 0.05) is 26.2 Å². The van der Waals surface area contributed by atoms with Crippen LogP contribution in [0.15, 0.2) is 0 Å². The van der Waals surface area contributed by atoms with E-state index in [2.05, 4.69) is 12.2 Å². The second-order valence-corrected chi connectivity index (χ2v) is 5.13. The largest absolute Gasteiger partial charge is 0.342 e. The van der Waals surface area contributed by atoms with Gasteiger partial charge in [-0.25, -0.2) is 0 Å². The van der Waals surface area contributed by atoms with Gasteiger partial charge in [0.05, 0.1) is 5.92 Å². The maximum absolute atomic E-state index is 12.1. The van der Waals surface area contributed by atoms with Gasteiger partial charge in [0.2, 0.25) is 5.91 Å². The van der Waals surface area contributed by atoms with Crippen LogP contribution in [0.1, 0.15) is 32.6 Å². The fourth-order valence-corrected chi connectivity index (χ4v) is 2.79. The van der Waals surface area contributed by atoms with Crippen LogP contribution in [0.3, 0.4) is 0 Å². The lowest BCUT2D eigenvalue weighted by Gasteiger charge is -2.39. The summed E-state index contributed by atoms with van der Waals surface area (Å²) in [5.41, 5.74) is 0. The molecule has 1 N–H and O–H groups in total. The van der Waals surface area contributed by atoms with Crippen molar-refractivity contribution < 1.29 is 4.79 Å². The first-order chi connectivity index (χ1) is 7.20. The van der Waals surface area contributed by atoms with Crippen LogP contribution in [0.4, 0.5) is 0 Å². The van der Waals surface area contributed by atoms with Crippen molar-refractivity contribution in [3.63, 3.8) is 0 Å². The lowest BCUT2D eigenvalue weighted by Crippen LogP contribution is -2.54. The predicted octanol–water partition coefficient (Wildman–Crippen LogP) is 1.24. The molecule has 2 aliphatic rings. The summed E-state index contributed by atoms with van der Waals surface area (Å²) in [6.07, 6.45) is 5.11. The minimum atomic E-state index is 0.254. The molecule has 0 radical (unpaired) electrons. The first kappa shape index (κ1) is 10.9. The number of nitrogens with zero attached hydrogens (tertiary/aromatic N) is 1.